The van der Waals surface area contributed by atoms with Gasteiger partial charge in [-0.2, -0.15) is 9.61 Å². The van der Waals surface area contributed by atoms with Gasteiger partial charge in [-0.05, 0) is 57.6 Å². The van der Waals surface area contributed by atoms with E-state index in [0.717, 1.165) is 38.5 Å². The van der Waals surface area contributed by atoms with Crippen molar-refractivity contribution in [2.45, 2.75) is 63.1 Å². The molecule has 5 rings (SSSR count). The molecule has 0 saturated heterocycles. The predicted octanol–water partition coefficient (Wildman–Crippen LogP) is 3.09. The van der Waals surface area contributed by atoms with Gasteiger partial charge in [0.05, 0.1) is 11.8 Å². The van der Waals surface area contributed by atoms with E-state index in [1.807, 2.05) is 16.8 Å². The summed E-state index contributed by atoms with van der Waals surface area (Å²) in [7, 11) is 3.53. The Hall–Kier alpha value is -3.40. The van der Waals surface area contributed by atoms with Gasteiger partial charge in [0.25, 0.3) is 11.5 Å². The molecular weight excluding hydrogens is 434 g/mol. The second-order valence-electron chi connectivity index (χ2n) is 9.46. The summed E-state index contributed by atoms with van der Waals surface area (Å²) in [5, 5.41) is 13.6. The minimum Gasteiger partial charge on any atom is -0.379 e. The van der Waals surface area contributed by atoms with Crippen molar-refractivity contribution >= 4 is 28.9 Å². The van der Waals surface area contributed by atoms with Crippen LogP contribution in [0.4, 0.5) is 17.3 Å². The third-order valence-electron chi connectivity index (χ3n) is 7.02. The minimum atomic E-state index is -0.188. The van der Waals surface area contributed by atoms with Gasteiger partial charge in [-0.1, -0.05) is 0 Å². The molecule has 3 aromatic heterocycles. The Labute approximate surface area is 197 Å². The average molecular weight is 466 g/mol. The minimum absolute atomic E-state index is 0.0959. The molecule has 0 atom stereocenters. The molecule has 0 unspecified atom stereocenters. The lowest BCUT2D eigenvalue weighted by Gasteiger charge is -2.36. The van der Waals surface area contributed by atoms with Crippen LogP contribution in [0.25, 0.3) is 5.65 Å². The lowest BCUT2D eigenvalue weighted by atomic mass is 9.83. The first-order valence-corrected chi connectivity index (χ1v) is 11.8. The van der Waals surface area contributed by atoms with Crippen molar-refractivity contribution in [2.75, 3.05) is 24.8 Å². The van der Waals surface area contributed by atoms with Crippen LogP contribution in [-0.4, -0.2) is 50.9 Å². The predicted molar refractivity (Wildman–Crippen MR) is 130 cm³/mol. The first kappa shape index (κ1) is 22.4. The highest BCUT2D eigenvalue weighted by Crippen LogP contribution is 2.36. The van der Waals surface area contributed by atoms with E-state index in [0.29, 0.717) is 28.5 Å². The first-order valence-electron chi connectivity index (χ1n) is 11.8. The van der Waals surface area contributed by atoms with Crippen molar-refractivity contribution in [1.82, 2.24) is 24.5 Å². The third kappa shape index (κ3) is 4.25. The maximum atomic E-state index is 13.3. The van der Waals surface area contributed by atoms with Crippen LogP contribution in [0, 0.1) is 0 Å². The van der Waals surface area contributed by atoms with E-state index in [1.54, 1.807) is 30.8 Å². The van der Waals surface area contributed by atoms with E-state index in [-0.39, 0.29) is 29.2 Å². The van der Waals surface area contributed by atoms with Crippen LogP contribution in [0.3, 0.4) is 0 Å². The monoisotopic (exact) mass is 465 g/mol. The summed E-state index contributed by atoms with van der Waals surface area (Å²) in [4.78, 5) is 30.6. The largest absolute Gasteiger partial charge is 0.379 e. The highest BCUT2D eigenvalue weighted by atomic mass is 16.5. The molecule has 0 radical (unpaired) electrons. The summed E-state index contributed by atoms with van der Waals surface area (Å²) in [6.07, 6.45) is 8.97. The van der Waals surface area contributed by atoms with E-state index in [1.165, 1.54) is 6.20 Å². The molecule has 2 saturated carbocycles. The van der Waals surface area contributed by atoms with Gasteiger partial charge in [0.2, 0.25) is 0 Å². The number of methoxy groups -OCH3 is 1. The summed E-state index contributed by atoms with van der Waals surface area (Å²) in [6, 6.07) is 5.76. The molecule has 3 heterocycles. The van der Waals surface area contributed by atoms with Crippen molar-refractivity contribution in [1.29, 1.82) is 0 Å². The lowest BCUT2D eigenvalue weighted by Crippen LogP contribution is -2.36. The summed E-state index contributed by atoms with van der Waals surface area (Å²) >= 11 is 0. The highest BCUT2D eigenvalue weighted by molar-refractivity contribution is 6.00. The van der Waals surface area contributed by atoms with Crippen LogP contribution >= 0.6 is 0 Å². The zero-order valence-corrected chi connectivity index (χ0v) is 19.8. The number of hydrogen-bond acceptors (Lipinski definition) is 7. The molecule has 0 aromatic carbocycles. The third-order valence-corrected chi connectivity index (χ3v) is 7.02. The molecule has 2 aliphatic rings. The number of nitrogens with one attached hydrogen (secondary N) is 3. The number of fused-ring (bicyclic) bond motifs is 1. The van der Waals surface area contributed by atoms with Crippen molar-refractivity contribution in [3.05, 3.63) is 46.5 Å². The van der Waals surface area contributed by atoms with Gasteiger partial charge in [-0.15, -0.1) is 0 Å². The average Bonchev–Trinajstić information content (AvgIpc) is 3.55. The Morgan fingerprint density at radius 3 is 2.68 bits per heavy atom. The van der Waals surface area contributed by atoms with Gasteiger partial charge in [0.15, 0.2) is 5.65 Å². The lowest BCUT2D eigenvalue weighted by molar-refractivity contribution is -0.0324. The molecule has 2 fully saturated rings. The fourth-order valence-corrected chi connectivity index (χ4v) is 4.58. The normalized spacial score (nSPS) is 22.5. The molecule has 1 amide bonds. The van der Waals surface area contributed by atoms with Crippen LogP contribution < -0.4 is 21.5 Å². The number of carbonyl (C=O) groups excluding carboxylic acids is 1. The topological polar surface area (TPSA) is 115 Å². The quantitative estimate of drug-likeness (QED) is 0.491. The Morgan fingerprint density at radius 1 is 1.24 bits per heavy atom. The first-order chi connectivity index (χ1) is 16.4. The SMILES string of the molecule is CNc1cc(Nc2cccn([C@H]3CC[C@](C)(OC)CC3)c2=O)nc2c(C(=O)NC3CC3)cnn12. The van der Waals surface area contributed by atoms with Crippen LogP contribution in [0.2, 0.25) is 0 Å². The number of amides is 1. The summed E-state index contributed by atoms with van der Waals surface area (Å²) in [6.45, 7) is 2.13. The standard InChI is InChI=1S/C24H31N7O3/c1-24(34-3)10-8-16(9-11-24)30-12-4-5-18(23(30)33)28-19-13-20(25-2)31-21(29-19)17(14-26-31)22(32)27-15-6-7-15/h4-5,12-16,25H,6-11H2,1-3H3,(H,27,32)(H,28,29)/t16-,24-. The van der Waals surface area contributed by atoms with Crippen molar-refractivity contribution in [3.63, 3.8) is 0 Å². The van der Waals surface area contributed by atoms with E-state index < -0.39 is 0 Å². The number of aromatic nitrogens is 4. The number of nitrogens with zero attached hydrogens (tertiary/aromatic N) is 4. The van der Waals surface area contributed by atoms with E-state index in [4.69, 9.17) is 4.74 Å². The molecule has 0 spiro atoms. The van der Waals surface area contributed by atoms with Gasteiger partial charge in [-0.25, -0.2) is 4.98 Å². The smallest absolute Gasteiger partial charge is 0.274 e. The highest BCUT2D eigenvalue weighted by Gasteiger charge is 2.32. The van der Waals surface area contributed by atoms with Crippen LogP contribution in [-0.2, 0) is 4.74 Å². The molecule has 3 N–H and O–H groups in total. The second-order valence-corrected chi connectivity index (χ2v) is 9.46. The van der Waals surface area contributed by atoms with Crippen LogP contribution in [0.5, 0.6) is 0 Å². The molecule has 10 nitrogen and oxygen atoms in total. The number of anilines is 3. The summed E-state index contributed by atoms with van der Waals surface area (Å²) < 4.78 is 9.04. The van der Waals surface area contributed by atoms with Gasteiger partial charge >= 0.3 is 0 Å². The number of carbonyl (C=O) groups is 1. The maximum absolute atomic E-state index is 13.3. The van der Waals surface area contributed by atoms with E-state index >= 15 is 0 Å². The molecule has 34 heavy (non-hydrogen) atoms. The fraction of sp³-hybridized carbons (Fsp3) is 0.500. The fourth-order valence-electron chi connectivity index (χ4n) is 4.58. The Balaban J connectivity index is 1.43. The number of hydrogen-bond donors (Lipinski definition) is 3. The van der Waals surface area contributed by atoms with Crippen LogP contribution in [0.1, 0.15) is 61.8 Å². The van der Waals surface area contributed by atoms with Gasteiger partial charge in [-0.3, -0.25) is 9.59 Å². The zero-order chi connectivity index (χ0) is 23.9. The maximum Gasteiger partial charge on any atom is 0.274 e. The molecule has 180 valence electrons. The van der Waals surface area contributed by atoms with Crippen molar-refractivity contribution in [3.8, 4) is 0 Å². The molecule has 2 aliphatic carbocycles. The van der Waals surface area contributed by atoms with E-state index in [2.05, 4.69) is 33.0 Å². The number of rotatable bonds is 7. The second kappa shape index (κ2) is 8.75. The molecule has 0 bridgehead atoms. The van der Waals surface area contributed by atoms with Crippen LogP contribution in [0.15, 0.2) is 35.4 Å². The van der Waals surface area contributed by atoms with Crippen molar-refractivity contribution < 1.29 is 9.53 Å². The molecule has 10 heteroatoms. The Bertz CT molecular complexity index is 1270. The zero-order valence-electron chi connectivity index (χ0n) is 19.8. The molecule has 3 aromatic rings. The van der Waals surface area contributed by atoms with Crippen molar-refractivity contribution in [2.24, 2.45) is 0 Å². The van der Waals surface area contributed by atoms with Gasteiger partial charge in [0.1, 0.15) is 22.9 Å². The van der Waals surface area contributed by atoms with Gasteiger partial charge in [0, 0.05) is 38.5 Å². The van der Waals surface area contributed by atoms with E-state index in [9.17, 15) is 9.59 Å². The Kier molecular flexibility index (Phi) is 5.76. The summed E-state index contributed by atoms with van der Waals surface area (Å²) in [5.41, 5.74) is 1.05. The number of ether oxygens (including phenoxy) is 1. The Morgan fingerprint density at radius 2 is 2.00 bits per heavy atom. The molecular formula is C24H31N7O3. The summed E-state index contributed by atoms with van der Waals surface area (Å²) in [5.74, 6) is 0.926. The molecule has 0 aliphatic heterocycles. The van der Waals surface area contributed by atoms with Gasteiger partial charge < -0.3 is 25.3 Å². The number of pyridine rings is 1.